The minimum Gasteiger partial charge on any atom is -0.365 e. The Hall–Kier alpha value is -2.57. The van der Waals surface area contributed by atoms with Crippen LogP contribution in [0.25, 0.3) is 0 Å². The molecule has 0 aliphatic carbocycles. The third-order valence-corrected chi connectivity index (χ3v) is 6.60. The summed E-state index contributed by atoms with van der Waals surface area (Å²) in [5.74, 6) is 0. The first-order chi connectivity index (χ1) is 15.0. The molecule has 1 aliphatic heterocycles. The lowest BCUT2D eigenvalue weighted by Gasteiger charge is -2.24. The van der Waals surface area contributed by atoms with Gasteiger partial charge >= 0.3 is 6.18 Å². The van der Waals surface area contributed by atoms with Gasteiger partial charge in [0.1, 0.15) is 5.69 Å². The van der Waals surface area contributed by atoms with Crippen molar-refractivity contribution >= 4 is 38.7 Å². The number of anilines is 2. The Morgan fingerprint density at radius 3 is 2.47 bits per heavy atom. The Morgan fingerprint density at radius 2 is 1.81 bits per heavy atom. The summed E-state index contributed by atoms with van der Waals surface area (Å²) in [7, 11) is -4.17. The smallest absolute Gasteiger partial charge is 0.365 e. The molecule has 0 amide bonds. The molecule has 1 fully saturated rings. The molecule has 32 heavy (non-hydrogen) atoms. The van der Waals surface area contributed by atoms with Gasteiger partial charge < -0.3 is 4.90 Å². The van der Waals surface area contributed by atoms with E-state index in [9.17, 15) is 31.7 Å². The molecule has 8 nitrogen and oxygen atoms in total. The third kappa shape index (κ3) is 6.02. The van der Waals surface area contributed by atoms with E-state index in [4.69, 9.17) is 11.6 Å². The Kier molecular flexibility index (Phi) is 7.16. The number of nitro groups is 1. The highest BCUT2D eigenvalue weighted by Gasteiger charge is 2.32. The van der Waals surface area contributed by atoms with E-state index in [2.05, 4.69) is 4.72 Å². The molecule has 1 N–H and O–H groups in total. The summed E-state index contributed by atoms with van der Waals surface area (Å²) in [6, 6.07) is 9.61. The fraction of sp³-hybridized carbons (Fsp3) is 0.368. The van der Waals surface area contributed by atoms with Crippen molar-refractivity contribution in [3.8, 4) is 0 Å². The molecule has 3 rings (SSSR count). The summed E-state index contributed by atoms with van der Waals surface area (Å²) in [5.41, 5.74) is -0.171. The molecule has 174 valence electrons. The molecule has 2 aromatic rings. The second-order valence-corrected chi connectivity index (χ2v) is 9.31. The molecule has 0 atom stereocenters. The van der Waals surface area contributed by atoms with E-state index in [-0.39, 0.29) is 40.9 Å². The van der Waals surface area contributed by atoms with E-state index in [0.717, 1.165) is 6.07 Å². The predicted octanol–water partition coefficient (Wildman–Crippen LogP) is 4.12. The van der Waals surface area contributed by atoms with Crippen LogP contribution in [0.3, 0.4) is 0 Å². The number of alkyl halides is 3. The van der Waals surface area contributed by atoms with Gasteiger partial charge in [-0.05, 0) is 30.7 Å². The van der Waals surface area contributed by atoms with Crippen LogP contribution < -0.4 is 9.62 Å². The van der Waals surface area contributed by atoms with Gasteiger partial charge in [-0.25, -0.2) is 8.42 Å². The van der Waals surface area contributed by atoms with E-state index < -0.39 is 33.4 Å². The van der Waals surface area contributed by atoms with E-state index in [1.807, 2.05) is 0 Å². The molecule has 1 saturated heterocycles. The van der Waals surface area contributed by atoms with E-state index in [1.165, 1.54) is 29.2 Å². The number of nitrogens with one attached hydrogen (secondary N) is 1. The minimum atomic E-state index is -4.33. The first-order valence-corrected chi connectivity index (χ1v) is 11.4. The van der Waals surface area contributed by atoms with Crippen LogP contribution in [0, 0.1) is 10.1 Å². The number of sulfonamides is 1. The molecule has 0 unspecified atom stereocenters. The molecule has 1 heterocycles. The molecule has 0 radical (unpaired) electrons. The van der Waals surface area contributed by atoms with Crippen molar-refractivity contribution in [1.82, 2.24) is 4.90 Å². The van der Waals surface area contributed by atoms with Crippen LogP contribution in [0.5, 0.6) is 0 Å². The van der Waals surface area contributed by atoms with Gasteiger partial charge in [0.15, 0.2) is 0 Å². The molecular formula is C19H20ClF3N4O4S. The first kappa shape index (κ1) is 24.1. The maximum atomic E-state index is 12.7. The minimum absolute atomic E-state index is 0.0742. The molecule has 13 heteroatoms. The quantitative estimate of drug-likeness (QED) is 0.481. The van der Waals surface area contributed by atoms with Gasteiger partial charge in [0, 0.05) is 32.2 Å². The number of benzene rings is 2. The zero-order valence-electron chi connectivity index (χ0n) is 16.7. The normalized spacial score (nSPS) is 15.9. The second kappa shape index (κ2) is 9.51. The van der Waals surface area contributed by atoms with Gasteiger partial charge in [-0.3, -0.25) is 19.7 Å². The van der Waals surface area contributed by atoms with Gasteiger partial charge in [-0.15, -0.1) is 0 Å². The van der Waals surface area contributed by atoms with Crippen molar-refractivity contribution < 1.29 is 26.5 Å². The highest BCUT2D eigenvalue weighted by Crippen LogP contribution is 2.33. The van der Waals surface area contributed by atoms with Crippen LogP contribution >= 0.6 is 11.6 Å². The summed E-state index contributed by atoms with van der Waals surface area (Å²) in [6.07, 6.45) is -3.95. The highest BCUT2D eigenvalue weighted by molar-refractivity contribution is 7.92. The Morgan fingerprint density at radius 1 is 1.09 bits per heavy atom. The standard InChI is InChI=1S/C19H20ClF3N4O4S/c20-15-4-1-2-5-16(15)24-32(30,31)14-6-7-17(18(12-14)27(28)29)26-9-3-8-25(10-11-26)13-19(21,22)23/h1-2,4-7,12,24H,3,8-11,13H2. The maximum Gasteiger partial charge on any atom is 0.401 e. The summed E-state index contributed by atoms with van der Waals surface area (Å²) < 4.78 is 65.8. The first-order valence-electron chi connectivity index (χ1n) is 9.56. The number of hydrogen-bond donors (Lipinski definition) is 1. The van der Waals surface area contributed by atoms with Gasteiger partial charge in [0.05, 0.1) is 27.1 Å². The van der Waals surface area contributed by atoms with Crippen LogP contribution in [0.1, 0.15) is 6.42 Å². The van der Waals surface area contributed by atoms with Crippen LogP contribution in [-0.2, 0) is 10.0 Å². The van der Waals surface area contributed by atoms with Gasteiger partial charge in [0.25, 0.3) is 15.7 Å². The highest BCUT2D eigenvalue weighted by atomic mass is 35.5. The number of halogens is 4. The van der Waals surface area contributed by atoms with Crippen molar-refractivity contribution in [3.63, 3.8) is 0 Å². The molecule has 0 bridgehead atoms. The predicted molar refractivity (Wildman–Crippen MR) is 115 cm³/mol. The average molecular weight is 493 g/mol. The zero-order valence-corrected chi connectivity index (χ0v) is 18.3. The summed E-state index contributed by atoms with van der Waals surface area (Å²) in [4.78, 5) is 13.5. The Bertz CT molecular complexity index is 1100. The van der Waals surface area contributed by atoms with Crippen LogP contribution in [-0.4, -0.2) is 57.1 Å². The van der Waals surface area contributed by atoms with Crippen LogP contribution in [0.4, 0.5) is 30.2 Å². The molecule has 0 saturated carbocycles. The number of hydrogen-bond acceptors (Lipinski definition) is 6. The van der Waals surface area contributed by atoms with E-state index in [1.54, 1.807) is 17.0 Å². The molecule has 1 aliphatic rings. The number of nitrogens with zero attached hydrogens (tertiary/aromatic N) is 3. The molecular weight excluding hydrogens is 473 g/mol. The summed E-state index contributed by atoms with van der Waals surface area (Å²) >= 11 is 5.98. The molecule has 0 spiro atoms. The Balaban J connectivity index is 1.85. The summed E-state index contributed by atoms with van der Waals surface area (Å²) in [6.45, 7) is -0.323. The van der Waals surface area contributed by atoms with E-state index in [0.29, 0.717) is 13.0 Å². The van der Waals surface area contributed by atoms with Crippen LogP contribution in [0.15, 0.2) is 47.4 Å². The fourth-order valence-electron chi connectivity index (χ4n) is 3.46. The fourth-order valence-corrected chi connectivity index (χ4v) is 4.79. The van der Waals surface area contributed by atoms with Crippen molar-refractivity contribution in [2.75, 3.05) is 42.3 Å². The number of rotatable bonds is 6. The monoisotopic (exact) mass is 492 g/mol. The molecule has 2 aromatic carbocycles. The van der Waals surface area contributed by atoms with Gasteiger partial charge in [-0.2, -0.15) is 13.2 Å². The van der Waals surface area contributed by atoms with E-state index >= 15 is 0 Å². The number of para-hydroxylation sites is 1. The Labute approximate surface area is 187 Å². The second-order valence-electron chi connectivity index (χ2n) is 7.22. The van der Waals surface area contributed by atoms with Crippen molar-refractivity contribution in [2.45, 2.75) is 17.5 Å². The zero-order chi connectivity index (χ0) is 23.5. The maximum absolute atomic E-state index is 12.7. The van der Waals surface area contributed by atoms with Crippen molar-refractivity contribution in [3.05, 3.63) is 57.6 Å². The summed E-state index contributed by atoms with van der Waals surface area (Å²) in [5, 5.41) is 11.8. The lowest BCUT2D eigenvalue weighted by molar-refractivity contribution is -0.384. The number of nitro benzene ring substituents is 1. The third-order valence-electron chi connectivity index (χ3n) is 4.90. The van der Waals surface area contributed by atoms with Crippen molar-refractivity contribution in [2.24, 2.45) is 0 Å². The average Bonchev–Trinajstić information content (AvgIpc) is 2.93. The van der Waals surface area contributed by atoms with Gasteiger partial charge in [-0.1, -0.05) is 23.7 Å². The molecule has 0 aromatic heterocycles. The lowest BCUT2D eigenvalue weighted by Crippen LogP contribution is -2.37. The lowest BCUT2D eigenvalue weighted by atomic mass is 10.2. The van der Waals surface area contributed by atoms with Crippen LogP contribution in [0.2, 0.25) is 5.02 Å². The SMILES string of the molecule is O=[N+]([O-])c1cc(S(=O)(=O)Nc2ccccc2Cl)ccc1N1CCCN(CC(F)(F)F)CC1. The topological polar surface area (TPSA) is 95.8 Å². The van der Waals surface area contributed by atoms with Gasteiger partial charge in [0.2, 0.25) is 0 Å². The van der Waals surface area contributed by atoms with Crippen molar-refractivity contribution in [1.29, 1.82) is 0 Å². The largest absolute Gasteiger partial charge is 0.401 e.